The van der Waals surface area contributed by atoms with Crippen LogP contribution in [0.4, 0.5) is 0 Å². The quantitative estimate of drug-likeness (QED) is 0.0323. The molecular weight excluding hydrogens is 719 g/mol. The lowest BCUT2D eigenvalue weighted by atomic mass is 10.1. The number of aliphatic hydroxyl groups excluding tert-OH is 2. The van der Waals surface area contributed by atoms with Gasteiger partial charge in [-0.25, -0.2) is 0 Å². The van der Waals surface area contributed by atoms with Crippen molar-refractivity contribution in [1.29, 1.82) is 0 Å². The van der Waals surface area contributed by atoms with E-state index in [1.165, 1.54) is 161 Å². The van der Waals surface area contributed by atoms with Crippen molar-refractivity contribution < 1.29 is 24.5 Å². The fourth-order valence-electron chi connectivity index (χ4n) is 7.20. The van der Waals surface area contributed by atoms with E-state index >= 15 is 0 Å². The zero-order valence-electron chi connectivity index (χ0n) is 38.3. The van der Waals surface area contributed by atoms with Crippen LogP contribution in [0, 0.1) is 0 Å². The molecule has 0 aromatic heterocycles. The fourth-order valence-corrected chi connectivity index (χ4v) is 7.20. The molecule has 0 radical (unpaired) electrons. The maximum atomic E-state index is 12.3. The Morgan fingerprint density at radius 2 is 0.879 bits per heavy atom. The molecule has 0 aromatic rings. The van der Waals surface area contributed by atoms with E-state index in [1.807, 2.05) is 12.2 Å². The summed E-state index contributed by atoms with van der Waals surface area (Å²) in [7, 11) is 0. The number of amides is 1. The van der Waals surface area contributed by atoms with E-state index in [2.05, 4.69) is 49.5 Å². The highest BCUT2D eigenvalue weighted by Crippen LogP contribution is 2.14. The monoisotopic (exact) mass is 814 g/mol. The predicted octanol–water partition coefficient (Wildman–Crippen LogP) is 14.7. The van der Waals surface area contributed by atoms with Crippen LogP contribution in [0.25, 0.3) is 0 Å². The minimum absolute atomic E-state index is 0.0204. The van der Waals surface area contributed by atoms with Crippen LogP contribution >= 0.6 is 0 Å². The van der Waals surface area contributed by atoms with Crippen LogP contribution in [0.1, 0.15) is 245 Å². The van der Waals surface area contributed by atoms with E-state index in [1.54, 1.807) is 6.08 Å². The molecule has 0 aliphatic heterocycles. The van der Waals surface area contributed by atoms with E-state index in [9.17, 15) is 19.8 Å². The van der Waals surface area contributed by atoms with Crippen molar-refractivity contribution in [3.05, 3.63) is 48.6 Å². The smallest absolute Gasteiger partial charge is 0.305 e. The molecule has 0 fully saturated rings. The average Bonchev–Trinajstić information content (AvgIpc) is 3.22. The zero-order chi connectivity index (χ0) is 42.3. The van der Waals surface area contributed by atoms with Gasteiger partial charge in [-0.1, -0.05) is 204 Å². The summed E-state index contributed by atoms with van der Waals surface area (Å²) in [6.07, 6.45) is 58.4. The first kappa shape index (κ1) is 55.8. The van der Waals surface area contributed by atoms with Crippen molar-refractivity contribution in [3.8, 4) is 0 Å². The highest BCUT2D eigenvalue weighted by Gasteiger charge is 2.17. The van der Waals surface area contributed by atoms with Crippen molar-refractivity contribution in [3.63, 3.8) is 0 Å². The molecule has 0 saturated heterocycles. The topological polar surface area (TPSA) is 95.9 Å². The van der Waals surface area contributed by atoms with Gasteiger partial charge in [0.2, 0.25) is 5.91 Å². The Kier molecular flexibility index (Phi) is 45.7. The van der Waals surface area contributed by atoms with Crippen LogP contribution in [-0.4, -0.2) is 47.4 Å². The molecule has 0 heterocycles. The fraction of sp³-hybridized carbons (Fsp3) is 0.808. The minimum atomic E-state index is -0.877. The van der Waals surface area contributed by atoms with Gasteiger partial charge in [0.05, 0.1) is 25.4 Å². The lowest BCUT2D eigenvalue weighted by Gasteiger charge is -2.19. The molecule has 6 nitrogen and oxygen atoms in total. The van der Waals surface area contributed by atoms with E-state index in [0.717, 1.165) is 51.4 Å². The Labute approximate surface area is 359 Å². The Bertz CT molecular complexity index is 988. The number of carbonyl (C=O) groups excluding carboxylic acids is 2. The predicted molar refractivity (Wildman–Crippen MR) is 250 cm³/mol. The summed E-state index contributed by atoms with van der Waals surface area (Å²) in [5.41, 5.74) is 0. The van der Waals surface area contributed by atoms with Crippen LogP contribution < -0.4 is 5.32 Å². The second-order valence-corrected chi connectivity index (χ2v) is 16.8. The first-order chi connectivity index (χ1) is 28.5. The Morgan fingerprint density at radius 1 is 0.483 bits per heavy atom. The molecule has 0 aliphatic rings. The molecule has 2 atom stereocenters. The number of allylic oxidation sites excluding steroid dienone is 7. The molecule has 1 amide bonds. The summed E-state index contributed by atoms with van der Waals surface area (Å²) < 4.78 is 5.46. The van der Waals surface area contributed by atoms with Gasteiger partial charge in [-0.15, -0.1) is 0 Å². The normalized spacial score (nSPS) is 13.1. The van der Waals surface area contributed by atoms with Crippen LogP contribution in [0.15, 0.2) is 48.6 Å². The number of nitrogens with one attached hydrogen (secondary N) is 1. The summed E-state index contributed by atoms with van der Waals surface area (Å²) in [6.45, 7) is 4.79. The number of carbonyl (C=O) groups is 2. The summed E-state index contributed by atoms with van der Waals surface area (Å²) in [6, 6.07) is -0.670. The van der Waals surface area contributed by atoms with Crippen molar-refractivity contribution in [2.75, 3.05) is 13.2 Å². The largest absolute Gasteiger partial charge is 0.466 e. The third-order valence-corrected chi connectivity index (χ3v) is 11.1. The number of ether oxygens (including phenoxy) is 1. The zero-order valence-corrected chi connectivity index (χ0v) is 38.3. The highest BCUT2D eigenvalue weighted by atomic mass is 16.5. The Morgan fingerprint density at radius 3 is 1.36 bits per heavy atom. The summed E-state index contributed by atoms with van der Waals surface area (Å²) in [4.78, 5) is 24.4. The Balaban J connectivity index is 3.53. The number of esters is 1. The van der Waals surface area contributed by atoms with E-state index in [-0.39, 0.29) is 18.5 Å². The lowest BCUT2D eigenvalue weighted by molar-refractivity contribution is -0.143. The maximum absolute atomic E-state index is 12.3. The third kappa shape index (κ3) is 43.4. The Hall–Kier alpha value is -2.18. The number of hydrogen-bond acceptors (Lipinski definition) is 5. The van der Waals surface area contributed by atoms with Gasteiger partial charge in [0.15, 0.2) is 0 Å². The molecule has 6 heteroatoms. The lowest BCUT2D eigenvalue weighted by Crippen LogP contribution is -2.45. The molecule has 58 heavy (non-hydrogen) atoms. The summed E-state index contributed by atoms with van der Waals surface area (Å²) in [5.74, 6) is -0.173. The van der Waals surface area contributed by atoms with E-state index < -0.39 is 12.1 Å². The second kappa shape index (κ2) is 47.5. The molecule has 0 spiro atoms. The van der Waals surface area contributed by atoms with Crippen LogP contribution in [0.3, 0.4) is 0 Å². The van der Waals surface area contributed by atoms with E-state index in [4.69, 9.17) is 4.74 Å². The molecular formula is C52H95NO5. The molecule has 2 unspecified atom stereocenters. The van der Waals surface area contributed by atoms with Gasteiger partial charge in [-0.3, -0.25) is 9.59 Å². The third-order valence-electron chi connectivity index (χ3n) is 11.1. The van der Waals surface area contributed by atoms with Crippen LogP contribution in [0.5, 0.6) is 0 Å². The van der Waals surface area contributed by atoms with Gasteiger partial charge in [0, 0.05) is 12.8 Å². The van der Waals surface area contributed by atoms with Gasteiger partial charge in [-0.05, 0) is 77.0 Å². The van der Waals surface area contributed by atoms with Crippen molar-refractivity contribution in [1.82, 2.24) is 5.32 Å². The number of unbranched alkanes of at least 4 members (excludes halogenated alkanes) is 28. The van der Waals surface area contributed by atoms with Crippen LogP contribution in [0.2, 0.25) is 0 Å². The minimum Gasteiger partial charge on any atom is -0.466 e. The van der Waals surface area contributed by atoms with Crippen molar-refractivity contribution in [2.45, 2.75) is 257 Å². The molecule has 338 valence electrons. The van der Waals surface area contributed by atoms with Crippen molar-refractivity contribution in [2.24, 2.45) is 0 Å². The van der Waals surface area contributed by atoms with Gasteiger partial charge in [0.25, 0.3) is 0 Å². The highest BCUT2D eigenvalue weighted by molar-refractivity contribution is 5.76. The summed E-state index contributed by atoms with van der Waals surface area (Å²) >= 11 is 0. The van der Waals surface area contributed by atoms with Crippen molar-refractivity contribution >= 4 is 11.9 Å². The first-order valence-electron chi connectivity index (χ1n) is 24.9. The second-order valence-electron chi connectivity index (χ2n) is 16.8. The van der Waals surface area contributed by atoms with Gasteiger partial charge >= 0.3 is 5.97 Å². The molecule has 0 aromatic carbocycles. The summed E-state index contributed by atoms with van der Waals surface area (Å²) in [5, 5.41) is 22.8. The van der Waals surface area contributed by atoms with Gasteiger partial charge in [-0.2, -0.15) is 0 Å². The van der Waals surface area contributed by atoms with E-state index in [0.29, 0.717) is 25.9 Å². The molecule has 0 bridgehead atoms. The molecule has 0 saturated carbocycles. The number of rotatable bonds is 45. The van der Waals surface area contributed by atoms with Crippen LogP contribution in [-0.2, 0) is 14.3 Å². The SMILES string of the molecule is CCCCCCCC/C=C\CCCCCCCCCCCC(=O)OCCCCCCCC/C=C\C/C=C\CCC(=O)NC(CO)C(O)/C=C/CCCCCCCCC. The van der Waals surface area contributed by atoms with Gasteiger partial charge in [0.1, 0.15) is 0 Å². The molecule has 0 aliphatic carbocycles. The molecule has 0 rings (SSSR count). The number of hydrogen-bond donors (Lipinski definition) is 3. The first-order valence-corrected chi connectivity index (χ1v) is 24.9. The van der Waals surface area contributed by atoms with Gasteiger partial charge < -0.3 is 20.3 Å². The number of aliphatic hydroxyl groups is 2. The maximum Gasteiger partial charge on any atom is 0.305 e. The standard InChI is InChI=1S/C52H95NO5/c1-3-5-7-9-11-13-14-15-16-17-18-19-20-23-26-30-34-38-42-46-52(57)58-47-43-39-35-31-27-24-21-22-25-29-33-37-41-45-51(56)53-49(48-54)50(55)44-40-36-32-28-12-10-8-6-4-2/h15-16,22,25,33,37,40,44,49-50,54-55H,3-14,17-21,23-24,26-32,34-36,38-39,41-43,45-48H2,1-2H3,(H,53,56)/b16-15-,25-22-,37-33-,44-40+. The molecule has 3 N–H and O–H groups in total. The average molecular weight is 814 g/mol.